The Hall–Kier alpha value is -1.49. The third kappa shape index (κ3) is 2.62. The normalized spacial score (nSPS) is 28.5. The molecule has 2 fully saturated rings. The van der Waals surface area contributed by atoms with Gasteiger partial charge in [-0.05, 0) is 44.9 Å². The van der Waals surface area contributed by atoms with Gasteiger partial charge in [0.1, 0.15) is 0 Å². The zero-order valence-corrected chi connectivity index (χ0v) is 12.9. The first-order valence-electron chi connectivity index (χ1n) is 7.80. The first-order chi connectivity index (χ1) is 10.5. The first kappa shape index (κ1) is 15.4. The van der Waals surface area contributed by atoms with Crippen LogP contribution in [0.25, 0.3) is 0 Å². The van der Waals surface area contributed by atoms with Crippen molar-refractivity contribution in [3.8, 4) is 5.75 Å². The average molecular weight is 309 g/mol. The number of fused-ring (bicyclic) bond motifs is 2. The molecule has 0 amide bonds. The van der Waals surface area contributed by atoms with Crippen molar-refractivity contribution in [2.24, 2.45) is 5.92 Å². The molecule has 2 aliphatic heterocycles. The predicted octanol–water partition coefficient (Wildman–Crippen LogP) is 3.42. The fourth-order valence-corrected chi connectivity index (χ4v) is 3.92. The van der Waals surface area contributed by atoms with Crippen LogP contribution in [-0.4, -0.2) is 36.9 Å². The number of carbonyl (C=O) groups excluding carboxylic acids is 1. The van der Waals surface area contributed by atoms with E-state index in [0.29, 0.717) is 12.1 Å². The zero-order chi connectivity index (χ0) is 15.9. The van der Waals surface area contributed by atoms with E-state index < -0.39 is 11.6 Å². The van der Waals surface area contributed by atoms with Crippen molar-refractivity contribution in [2.45, 2.75) is 44.2 Å². The molecule has 120 valence electrons. The second-order valence-corrected chi connectivity index (χ2v) is 6.41. The third-order valence-corrected chi connectivity index (χ3v) is 5.21. The van der Waals surface area contributed by atoms with Gasteiger partial charge in [0.05, 0.1) is 7.11 Å². The van der Waals surface area contributed by atoms with E-state index in [0.717, 1.165) is 31.7 Å². The van der Waals surface area contributed by atoms with Crippen LogP contribution in [0.5, 0.6) is 5.75 Å². The fourth-order valence-electron chi connectivity index (χ4n) is 3.92. The average Bonchev–Trinajstić information content (AvgIpc) is 2.49. The predicted molar refractivity (Wildman–Crippen MR) is 79.2 cm³/mol. The van der Waals surface area contributed by atoms with Gasteiger partial charge in [-0.25, -0.2) is 4.39 Å². The van der Waals surface area contributed by atoms with Gasteiger partial charge in [0.2, 0.25) is 5.82 Å². The highest BCUT2D eigenvalue weighted by Gasteiger charge is 2.39. The molecule has 2 heterocycles. The van der Waals surface area contributed by atoms with Crippen molar-refractivity contribution < 1.29 is 18.3 Å². The monoisotopic (exact) mass is 309 g/mol. The number of benzene rings is 1. The molecular formula is C17H21F2NO2. The van der Waals surface area contributed by atoms with E-state index >= 15 is 0 Å². The molecular weight excluding hydrogens is 288 g/mol. The Labute approximate surface area is 129 Å². The van der Waals surface area contributed by atoms with E-state index in [1.807, 2.05) is 0 Å². The molecule has 2 aliphatic rings. The summed E-state index contributed by atoms with van der Waals surface area (Å²) in [7, 11) is 3.39. The Morgan fingerprint density at radius 2 is 1.86 bits per heavy atom. The highest BCUT2D eigenvalue weighted by atomic mass is 19.2. The van der Waals surface area contributed by atoms with Crippen LogP contribution < -0.4 is 4.74 Å². The van der Waals surface area contributed by atoms with Crippen LogP contribution in [0, 0.1) is 17.6 Å². The topological polar surface area (TPSA) is 29.5 Å². The fraction of sp³-hybridized carbons (Fsp3) is 0.588. The third-order valence-electron chi connectivity index (χ3n) is 5.21. The number of hydrogen-bond donors (Lipinski definition) is 0. The molecule has 0 aromatic heterocycles. The van der Waals surface area contributed by atoms with E-state index in [1.54, 1.807) is 0 Å². The summed E-state index contributed by atoms with van der Waals surface area (Å²) < 4.78 is 32.0. The van der Waals surface area contributed by atoms with Gasteiger partial charge in [-0.15, -0.1) is 0 Å². The lowest BCUT2D eigenvalue weighted by Gasteiger charge is -2.46. The van der Waals surface area contributed by atoms with Crippen LogP contribution in [0.4, 0.5) is 8.78 Å². The van der Waals surface area contributed by atoms with E-state index in [9.17, 15) is 13.6 Å². The number of rotatable bonds is 3. The summed E-state index contributed by atoms with van der Waals surface area (Å²) in [5.74, 6) is -2.49. The number of ketones is 1. The quantitative estimate of drug-likeness (QED) is 0.801. The van der Waals surface area contributed by atoms with Crippen molar-refractivity contribution in [1.82, 2.24) is 4.90 Å². The summed E-state index contributed by atoms with van der Waals surface area (Å²) in [5, 5.41) is 0. The van der Waals surface area contributed by atoms with E-state index in [2.05, 4.69) is 11.9 Å². The van der Waals surface area contributed by atoms with Crippen LogP contribution in [0.1, 0.15) is 42.5 Å². The van der Waals surface area contributed by atoms with Gasteiger partial charge in [0, 0.05) is 23.6 Å². The van der Waals surface area contributed by atoms with E-state index in [-0.39, 0.29) is 23.0 Å². The standard InChI is InChI=1S/C17H21F2NO2/c1-20-12-4-3-5-13(20)7-10(6-12)17(21)11-8-14(18)16(19)15(9-11)22-2/h8-10,12-13H,3-7H2,1-2H3. The number of piperidine rings is 2. The molecule has 3 nitrogen and oxygen atoms in total. The van der Waals surface area contributed by atoms with Gasteiger partial charge in [-0.1, -0.05) is 6.42 Å². The van der Waals surface area contributed by atoms with Crippen LogP contribution in [0.3, 0.4) is 0 Å². The van der Waals surface area contributed by atoms with Crippen molar-refractivity contribution >= 4 is 5.78 Å². The molecule has 2 atom stereocenters. The van der Waals surface area contributed by atoms with Crippen LogP contribution in [-0.2, 0) is 0 Å². The summed E-state index contributed by atoms with van der Waals surface area (Å²) in [6, 6.07) is 3.16. The minimum Gasteiger partial charge on any atom is -0.494 e. The van der Waals surface area contributed by atoms with Gasteiger partial charge >= 0.3 is 0 Å². The van der Waals surface area contributed by atoms with Gasteiger partial charge < -0.3 is 9.64 Å². The van der Waals surface area contributed by atoms with Gasteiger partial charge in [0.15, 0.2) is 17.3 Å². The second kappa shape index (κ2) is 5.95. The number of halogens is 2. The van der Waals surface area contributed by atoms with Crippen LogP contribution >= 0.6 is 0 Å². The molecule has 2 bridgehead atoms. The highest BCUT2D eigenvalue weighted by molar-refractivity contribution is 5.98. The number of ether oxygens (including phenoxy) is 1. The Bertz CT molecular complexity index is 576. The summed E-state index contributed by atoms with van der Waals surface area (Å²) in [6.45, 7) is 0. The SMILES string of the molecule is COc1cc(C(=O)C2CC3CCCC(C2)N3C)cc(F)c1F. The van der Waals surface area contributed by atoms with Gasteiger partial charge in [-0.2, -0.15) is 4.39 Å². The lowest BCUT2D eigenvalue weighted by Crippen LogP contribution is -2.51. The molecule has 3 rings (SSSR count). The molecule has 1 aromatic rings. The number of nitrogens with zero attached hydrogens (tertiary/aromatic N) is 1. The Balaban J connectivity index is 1.84. The zero-order valence-electron chi connectivity index (χ0n) is 12.9. The Morgan fingerprint density at radius 3 is 2.45 bits per heavy atom. The Kier molecular flexibility index (Phi) is 4.17. The molecule has 0 radical (unpaired) electrons. The minimum absolute atomic E-state index is 0.0952. The maximum Gasteiger partial charge on any atom is 0.200 e. The molecule has 0 saturated carbocycles. The molecule has 0 N–H and O–H groups in total. The maximum absolute atomic E-state index is 13.6. The molecule has 0 spiro atoms. The molecule has 5 heteroatoms. The van der Waals surface area contributed by atoms with Gasteiger partial charge in [0.25, 0.3) is 0 Å². The molecule has 22 heavy (non-hydrogen) atoms. The van der Waals surface area contributed by atoms with Crippen molar-refractivity contribution in [3.63, 3.8) is 0 Å². The smallest absolute Gasteiger partial charge is 0.200 e. The van der Waals surface area contributed by atoms with Gasteiger partial charge in [-0.3, -0.25) is 4.79 Å². The van der Waals surface area contributed by atoms with E-state index in [4.69, 9.17) is 4.74 Å². The van der Waals surface area contributed by atoms with Crippen LogP contribution in [0.15, 0.2) is 12.1 Å². The summed E-state index contributed by atoms with van der Waals surface area (Å²) in [5.41, 5.74) is 0.211. The first-order valence-corrected chi connectivity index (χ1v) is 7.80. The Morgan fingerprint density at radius 1 is 1.23 bits per heavy atom. The van der Waals surface area contributed by atoms with Crippen molar-refractivity contribution in [3.05, 3.63) is 29.3 Å². The number of carbonyl (C=O) groups is 1. The summed E-state index contributed by atoms with van der Waals surface area (Å²) in [6.07, 6.45) is 5.02. The van der Waals surface area contributed by atoms with Crippen LogP contribution in [0.2, 0.25) is 0 Å². The lowest BCUT2D eigenvalue weighted by atomic mass is 9.76. The lowest BCUT2D eigenvalue weighted by molar-refractivity contribution is 0.0338. The number of Topliss-reactive ketones (excluding diaryl/α,β-unsaturated/α-hetero) is 1. The highest BCUT2D eigenvalue weighted by Crippen LogP contribution is 2.37. The molecule has 2 unspecified atom stereocenters. The number of hydrogen-bond acceptors (Lipinski definition) is 3. The summed E-state index contributed by atoms with van der Waals surface area (Å²) >= 11 is 0. The van der Waals surface area contributed by atoms with E-state index in [1.165, 1.54) is 19.6 Å². The number of methoxy groups -OCH3 is 1. The van der Waals surface area contributed by atoms with Crippen molar-refractivity contribution in [2.75, 3.05) is 14.2 Å². The molecule has 0 aliphatic carbocycles. The minimum atomic E-state index is -1.04. The molecule has 1 aromatic carbocycles. The summed E-state index contributed by atoms with van der Waals surface area (Å²) in [4.78, 5) is 15.1. The van der Waals surface area contributed by atoms with Crippen molar-refractivity contribution in [1.29, 1.82) is 0 Å². The maximum atomic E-state index is 13.6. The largest absolute Gasteiger partial charge is 0.494 e. The second-order valence-electron chi connectivity index (χ2n) is 6.41. The molecule has 2 saturated heterocycles.